The third kappa shape index (κ3) is 3.25. The topological polar surface area (TPSA) is 78.5 Å². The predicted molar refractivity (Wildman–Crippen MR) is 85.5 cm³/mol. The molecule has 0 radical (unpaired) electrons. The van der Waals surface area contributed by atoms with Crippen LogP contribution >= 0.6 is 0 Å². The van der Waals surface area contributed by atoms with Crippen LogP contribution in [0.2, 0.25) is 0 Å². The van der Waals surface area contributed by atoms with Crippen LogP contribution in [0.15, 0.2) is 6.33 Å². The second kappa shape index (κ2) is 6.28. The minimum atomic E-state index is 0.601. The van der Waals surface area contributed by atoms with Crippen molar-refractivity contribution >= 4 is 22.9 Å². The lowest BCUT2D eigenvalue weighted by Crippen LogP contribution is -2.16. The van der Waals surface area contributed by atoms with E-state index in [0.29, 0.717) is 11.6 Å². The highest BCUT2D eigenvalue weighted by molar-refractivity contribution is 5.83. The van der Waals surface area contributed by atoms with E-state index in [-0.39, 0.29) is 0 Å². The monoisotopic (exact) mass is 288 g/mol. The van der Waals surface area contributed by atoms with Crippen LogP contribution in [0.25, 0.3) is 11.2 Å². The first-order chi connectivity index (χ1) is 10.3. The first-order valence-corrected chi connectivity index (χ1v) is 7.89. The summed E-state index contributed by atoms with van der Waals surface area (Å²) >= 11 is 0. The van der Waals surface area contributed by atoms with Crippen molar-refractivity contribution in [1.29, 1.82) is 0 Å². The number of aromatic nitrogens is 4. The summed E-state index contributed by atoms with van der Waals surface area (Å²) in [7, 11) is 1.82. The number of imidazole rings is 1. The van der Waals surface area contributed by atoms with Crippen LogP contribution in [-0.2, 0) is 0 Å². The average molecular weight is 288 g/mol. The van der Waals surface area contributed by atoms with Gasteiger partial charge in [-0.25, -0.2) is 4.98 Å². The molecule has 2 aromatic rings. The second-order valence-electron chi connectivity index (χ2n) is 6.09. The van der Waals surface area contributed by atoms with Gasteiger partial charge in [-0.2, -0.15) is 9.97 Å². The van der Waals surface area contributed by atoms with Gasteiger partial charge in [-0.3, -0.25) is 0 Å². The molecule has 0 saturated heterocycles. The maximum atomic E-state index is 4.48. The molecule has 21 heavy (non-hydrogen) atoms. The molecule has 0 aliphatic heterocycles. The lowest BCUT2D eigenvalue weighted by atomic mass is 9.81. The van der Waals surface area contributed by atoms with Crippen LogP contribution in [0, 0.1) is 11.8 Å². The molecule has 1 fully saturated rings. The van der Waals surface area contributed by atoms with Gasteiger partial charge in [0.1, 0.15) is 5.52 Å². The molecule has 0 unspecified atom stereocenters. The fourth-order valence-corrected chi connectivity index (χ4v) is 3.09. The summed E-state index contributed by atoms with van der Waals surface area (Å²) in [5, 5.41) is 6.42. The van der Waals surface area contributed by atoms with Crippen LogP contribution in [0.1, 0.15) is 39.0 Å². The zero-order chi connectivity index (χ0) is 14.7. The summed E-state index contributed by atoms with van der Waals surface area (Å²) in [6, 6.07) is 0. The van der Waals surface area contributed by atoms with Crippen LogP contribution in [-0.4, -0.2) is 33.5 Å². The van der Waals surface area contributed by atoms with Crippen molar-refractivity contribution in [3.05, 3.63) is 6.33 Å². The minimum absolute atomic E-state index is 0.601. The van der Waals surface area contributed by atoms with Crippen molar-refractivity contribution in [3.63, 3.8) is 0 Å². The summed E-state index contributed by atoms with van der Waals surface area (Å²) in [6.07, 6.45) is 8.37. The predicted octanol–water partition coefficient (Wildman–Crippen LogP) is 3.02. The van der Waals surface area contributed by atoms with Crippen molar-refractivity contribution in [2.75, 3.05) is 24.2 Å². The van der Waals surface area contributed by atoms with Gasteiger partial charge in [-0.1, -0.05) is 32.6 Å². The van der Waals surface area contributed by atoms with Crippen molar-refractivity contribution in [1.82, 2.24) is 19.9 Å². The number of H-pyrrole nitrogens is 1. The Morgan fingerprint density at radius 2 is 2.05 bits per heavy atom. The molecule has 3 N–H and O–H groups in total. The zero-order valence-corrected chi connectivity index (χ0v) is 12.8. The largest absolute Gasteiger partial charge is 0.368 e. The number of anilines is 2. The molecule has 0 amide bonds. The highest BCUT2D eigenvalue weighted by Crippen LogP contribution is 2.30. The van der Waals surface area contributed by atoms with E-state index in [9.17, 15) is 0 Å². The van der Waals surface area contributed by atoms with Gasteiger partial charge in [-0.15, -0.1) is 0 Å². The molecular formula is C15H24N6. The molecule has 0 aromatic carbocycles. The molecule has 3 rings (SSSR count). The van der Waals surface area contributed by atoms with Gasteiger partial charge in [0.2, 0.25) is 5.95 Å². The second-order valence-corrected chi connectivity index (χ2v) is 6.09. The Balaban J connectivity index is 1.61. The summed E-state index contributed by atoms with van der Waals surface area (Å²) < 4.78 is 0. The Kier molecular flexibility index (Phi) is 4.22. The zero-order valence-electron chi connectivity index (χ0n) is 12.8. The molecule has 2 aromatic heterocycles. The van der Waals surface area contributed by atoms with Crippen molar-refractivity contribution < 1.29 is 0 Å². The van der Waals surface area contributed by atoms with Crippen LogP contribution < -0.4 is 10.6 Å². The Morgan fingerprint density at radius 3 is 2.81 bits per heavy atom. The van der Waals surface area contributed by atoms with Crippen molar-refractivity contribution in [2.24, 2.45) is 11.8 Å². The molecule has 2 heterocycles. The molecule has 6 heteroatoms. The molecule has 114 valence electrons. The highest BCUT2D eigenvalue weighted by Gasteiger charge is 2.18. The van der Waals surface area contributed by atoms with Gasteiger partial charge in [0, 0.05) is 13.6 Å². The van der Waals surface area contributed by atoms with Gasteiger partial charge in [-0.05, 0) is 18.3 Å². The molecule has 0 bridgehead atoms. The number of fused-ring (bicyclic) bond motifs is 1. The fraction of sp³-hybridized carbons (Fsp3) is 0.667. The number of nitrogens with one attached hydrogen (secondary N) is 3. The number of aromatic amines is 1. The van der Waals surface area contributed by atoms with Gasteiger partial charge in [0.25, 0.3) is 0 Å². The summed E-state index contributed by atoms with van der Waals surface area (Å²) in [5.74, 6) is 3.21. The molecule has 1 aliphatic rings. The van der Waals surface area contributed by atoms with Gasteiger partial charge < -0.3 is 15.6 Å². The van der Waals surface area contributed by atoms with Gasteiger partial charge in [0.05, 0.1) is 6.33 Å². The number of nitrogens with zero attached hydrogens (tertiary/aromatic N) is 3. The van der Waals surface area contributed by atoms with Crippen LogP contribution in [0.3, 0.4) is 0 Å². The van der Waals surface area contributed by atoms with Gasteiger partial charge in [0.15, 0.2) is 11.5 Å². The number of hydrogen-bond donors (Lipinski definition) is 3. The molecule has 6 nitrogen and oxygen atoms in total. The third-order valence-corrected chi connectivity index (χ3v) is 4.49. The Bertz CT molecular complexity index is 585. The number of hydrogen-bond acceptors (Lipinski definition) is 5. The first-order valence-electron chi connectivity index (χ1n) is 7.89. The Hall–Kier alpha value is -1.85. The van der Waals surface area contributed by atoms with Crippen LogP contribution in [0.5, 0.6) is 0 Å². The third-order valence-electron chi connectivity index (χ3n) is 4.49. The van der Waals surface area contributed by atoms with E-state index in [2.05, 4.69) is 37.5 Å². The molecule has 1 saturated carbocycles. The molecule has 1 aliphatic carbocycles. The number of rotatable bonds is 5. The minimum Gasteiger partial charge on any atom is -0.368 e. The fourth-order valence-electron chi connectivity index (χ4n) is 3.09. The van der Waals surface area contributed by atoms with E-state index >= 15 is 0 Å². The highest BCUT2D eigenvalue weighted by atomic mass is 15.2. The smallest absolute Gasteiger partial charge is 0.226 e. The van der Waals surface area contributed by atoms with E-state index in [4.69, 9.17) is 0 Å². The van der Waals surface area contributed by atoms with E-state index in [1.54, 1.807) is 6.33 Å². The maximum absolute atomic E-state index is 4.48. The van der Waals surface area contributed by atoms with E-state index in [1.165, 1.54) is 32.1 Å². The van der Waals surface area contributed by atoms with Crippen molar-refractivity contribution in [3.8, 4) is 0 Å². The molecule has 0 atom stereocenters. The van der Waals surface area contributed by atoms with E-state index < -0.39 is 0 Å². The molecule has 0 spiro atoms. The van der Waals surface area contributed by atoms with E-state index in [0.717, 1.165) is 29.7 Å². The maximum Gasteiger partial charge on any atom is 0.226 e. The summed E-state index contributed by atoms with van der Waals surface area (Å²) in [5.41, 5.74) is 1.58. The first kappa shape index (κ1) is 14.1. The normalized spacial score (nSPS) is 22.4. The standard InChI is InChI=1S/C15H24N6/c1-10-3-5-11(6-4-10)7-8-17-13-12-14(19-9-18-12)21-15(16-2)20-13/h9-11H,3-8H2,1-2H3,(H3,16,17,18,19,20,21). The lowest BCUT2D eigenvalue weighted by molar-refractivity contribution is 0.282. The van der Waals surface area contributed by atoms with Crippen molar-refractivity contribution in [2.45, 2.75) is 39.0 Å². The molecular weight excluding hydrogens is 264 g/mol. The lowest BCUT2D eigenvalue weighted by Gasteiger charge is -2.26. The Morgan fingerprint density at radius 1 is 1.24 bits per heavy atom. The average Bonchev–Trinajstić information content (AvgIpc) is 2.97. The van der Waals surface area contributed by atoms with Gasteiger partial charge >= 0.3 is 0 Å². The SMILES string of the molecule is CNc1nc(NCCC2CCC(C)CC2)c2[nH]cnc2n1. The summed E-state index contributed by atoms with van der Waals surface area (Å²) in [6.45, 7) is 3.32. The quantitative estimate of drug-likeness (QED) is 0.788. The van der Waals surface area contributed by atoms with Crippen LogP contribution in [0.4, 0.5) is 11.8 Å². The van der Waals surface area contributed by atoms with E-state index in [1.807, 2.05) is 7.05 Å². The Labute approximate surface area is 125 Å². The summed E-state index contributed by atoms with van der Waals surface area (Å²) in [4.78, 5) is 16.1.